The summed E-state index contributed by atoms with van der Waals surface area (Å²) in [5, 5.41) is 10.5. The third-order valence-corrected chi connectivity index (χ3v) is 5.75. The molecule has 0 spiro atoms. The molecule has 182 valence electrons. The molecule has 8 nitrogen and oxygen atoms in total. The van der Waals surface area contributed by atoms with Crippen molar-refractivity contribution in [2.75, 3.05) is 13.2 Å². The Balaban J connectivity index is 1.87. The quantitative estimate of drug-likeness (QED) is 0.456. The highest BCUT2D eigenvalue weighted by Gasteiger charge is 2.35. The SMILES string of the molecule is CCCOc1ccc(-c2nn(-c3ccccc3)cc2[C@@H]2NC(=O)NC(C)=C2C(=O)OCC)cc1C. The molecule has 2 N–H and O–H groups in total. The Bertz CT molecular complexity index is 1260. The van der Waals surface area contributed by atoms with Crippen LogP contribution in [0.5, 0.6) is 5.75 Å². The minimum Gasteiger partial charge on any atom is -0.493 e. The lowest BCUT2D eigenvalue weighted by molar-refractivity contribution is -0.139. The van der Waals surface area contributed by atoms with Crippen LogP contribution in [0, 0.1) is 6.92 Å². The van der Waals surface area contributed by atoms with Crippen LogP contribution in [0.4, 0.5) is 4.79 Å². The lowest BCUT2D eigenvalue weighted by atomic mass is 9.93. The van der Waals surface area contributed by atoms with E-state index in [2.05, 4.69) is 17.6 Å². The summed E-state index contributed by atoms with van der Waals surface area (Å²) in [6.45, 7) is 8.37. The molecule has 0 radical (unpaired) electrons. The molecule has 1 aromatic heterocycles. The number of esters is 1. The van der Waals surface area contributed by atoms with Gasteiger partial charge in [0.25, 0.3) is 0 Å². The fraction of sp³-hybridized carbons (Fsp3) is 0.296. The minimum absolute atomic E-state index is 0.227. The summed E-state index contributed by atoms with van der Waals surface area (Å²) in [6, 6.07) is 14.5. The van der Waals surface area contributed by atoms with Crippen molar-refractivity contribution in [2.24, 2.45) is 0 Å². The molecular formula is C27H30N4O4. The van der Waals surface area contributed by atoms with Gasteiger partial charge < -0.3 is 20.1 Å². The summed E-state index contributed by atoms with van der Waals surface area (Å²) in [6.07, 6.45) is 2.77. The number of para-hydroxylation sites is 1. The van der Waals surface area contributed by atoms with Gasteiger partial charge in [-0.1, -0.05) is 25.1 Å². The van der Waals surface area contributed by atoms with E-state index in [0.717, 1.165) is 29.0 Å². The maximum absolute atomic E-state index is 12.9. The lowest BCUT2D eigenvalue weighted by Gasteiger charge is -2.27. The van der Waals surface area contributed by atoms with Crippen molar-refractivity contribution in [1.29, 1.82) is 0 Å². The molecule has 35 heavy (non-hydrogen) atoms. The maximum Gasteiger partial charge on any atom is 0.338 e. The predicted molar refractivity (Wildman–Crippen MR) is 133 cm³/mol. The average molecular weight is 475 g/mol. The molecule has 0 aliphatic carbocycles. The largest absolute Gasteiger partial charge is 0.493 e. The van der Waals surface area contributed by atoms with Crippen molar-refractivity contribution < 1.29 is 19.1 Å². The van der Waals surface area contributed by atoms with Gasteiger partial charge in [-0.05, 0) is 63.1 Å². The van der Waals surface area contributed by atoms with Crippen molar-refractivity contribution in [2.45, 2.75) is 40.2 Å². The number of rotatable bonds is 8. The summed E-state index contributed by atoms with van der Waals surface area (Å²) in [4.78, 5) is 25.4. The van der Waals surface area contributed by atoms with Crippen molar-refractivity contribution in [3.63, 3.8) is 0 Å². The molecule has 0 bridgehead atoms. The third kappa shape index (κ3) is 5.06. The molecule has 3 aromatic rings. The fourth-order valence-corrected chi connectivity index (χ4v) is 4.11. The first-order chi connectivity index (χ1) is 16.9. The van der Waals surface area contributed by atoms with Crippen LogP contribution in [0.25, 0.3) is 16.9 Å². The molecule has 0 saturated heterocycles. The molecule has 1 atom stereocenters. The highest BCUT2D eigenvalue weighted by atomic mass is 16.5. The van der Waals surface area contributed by atoms with Gasteiger partial charge in [-0.25, -0.2) is 14.3 Å². The van der Waals surface area contributed by atoms with Crippen molar-refractivity contribution in [3.8, 4) is 22.7 Å². The molecule has 1 aliphatic heterocycles. The first kappa shape index (κ1) is 24.1. The molecule has 0 saturated carbocycles. The molecule has 2 amide bonds. The Morgan fingerprint density at radius 2 is 1.89 bits per heavy atom. The van der Waals surface area contributed by atoms with Crippen molar-refractivity contribution in [3.05, 3.63) is 77.1 Å². The molecular weight excluding hydrogens is 444 g/mol. The highest BCUT2D eigenvalue weighted by Crippen LogP contribution is 2.36. The second-order valence-corrected chi connectivity index (χ2v) is 8.33. The number of aryl methyl sites for hydroxylation is 1. The van der Waals surface area contributed by atoms with E-state index in [-0.39, 0.29) is 6.61 Å². The monoisotopic (exact) mass is 474 g/mol. The number of hydrogen-bond donors (Lipinski definition) is 2. The average Bonchev–Trinajstić information content (AvgIpc) is 3.29. The second kappa shape index (κ2) is 10.5. The van der Waals surface area contributed by atoms with Gasteiger partial charge in [-0.15, -0.1) is 0 Å². The Labute approximate surface area is 204 Å². The Kier molecular flexibility index (Phi) is 7.19. The molecule has 2 aromatic carbocycles. The summed E-state index contributed by atoms with van der Waals surface area (Å²) in [5.41, 5.74) is 4.83. The van der Waals surface area contributed by atoms with E-state index in [1.807, 2.05) is 61.7 Å². The third-order valence-electron chi connectivity index (χ3n) is 5.75. The molecule has 2 heterocycles. The zero-order valence-corrected chi connectivity index (χ0v) is 20.4. The van der Waals surface area contributed by atoms with Gasteiger partial charge in [0, 0.05) is 23.0 Å². The van der Waals surface area contributed by atoms with Crippen molar-refractivity contribution in [1.82, 2.24) is 20.4 Å². The number of carbonyl (C=O) groups is 2. The van der Waals surface area contributed by atoms with Gasteiger partial charge in [0.05, 0.1) is 36.2 Å². The van der Waals surface area contributed by atoms with Gasteiger partial charge in [0.15, 0.2) is 0 Å². The standard InChI is InChI=1S/C27H30N4O4/c1-5-14-35-22-13-12-19(15-17(22)3)24-21(16-31(30-24)20-10-8-7-9-11-20)25-23(26(32)34-6-2)18(4)28-27(33)29-25/h7-13,15-16,25H,5-6,14H2,1-4H3,(H2,28,29,33)/t25-/m0/s1. The zero-order valence-electron chi connectivity index (χ0n) is 20.4. The van der Waals surface area contributed by atoms with Gasteiger partial charge >= 0.3 is 12.0 Å². The van der Waals surface area contributed by atoms with E-state index in [1.54, 1.807) is 18.5 Å². The number of nitrogens with zero attached hydrogens (tertiary/aromatic N) is 2. The Hall–Kier alpha value is -4.07. The molecule has 0 fully saturated rings. The lowest BCUT2D eigenvalue weighted by Crippen LogP contribution is -2.45. The van der Waals surface area contributed by atoms with Crippen LogP contribution in [0.2, 0.25) is 0 Å². The summed E-state index contributed by atoms with van der Waals surface area (Å²) < 4.78 is 12.9. The number of allylic oxidation sites excluding steroid dienone is 1. The van der Waals surface area contributed by atoms with E-state index in [0.29, 0.717) is 29.1 Å². The number of benzene rings is 2. The Morgan fingerprint density at radius 3 is 2.57 bits per heavy atom. The van der Waals surface area contributed by atoms with Crippen LogP contribution in [-0.4, -0.2) is 35.0 Å². The van der Waals surface area contributed by atoms with Crippen molar-refractivity contribution >= 4 is 12.0 Å². The van der Waals surface area contributed by atoms with Crippen LogP contribution in [0.3, 0.4) is 0 Å². The number of amides is 2. The first-order valence-electron chi connectivity index (χ1n) is 11.8. The van der Waals surface area contributed by atoms with Crippen LogP contribution in [0.15, 0.2) is 66.0 Å². The number of ether oxygens (including phenoxy) is 2. The topological polar surface area (TPSA) is 94.5 Å². The predicted octanol–water partition coefficient (Wildman–Crippen LogP) is 4.83. The number of hydrogen-bond acceptors (Lipinski definition) is 5. The fourth-order valence-electron chi connectivity index (χ4n) is 4.11. The van der Waals surface area contributed by atoms with Gasteiger partial charge in [0.1, 0.15) is 5.75 Å². The number of urea groups is 1. The summed E-state index contributed by atoms with van der Waals surface area (Å²) in [5.74, 6) is 0.332. The van der Waals surface area contributed by atoms with E-state index < -0.39 is 18.0 Å². The molecule has 4 rings (SSSR count). The summed E-state index contributed by atoms with van der Waals surface area (Å²) in [7, 11) is 0. The number of carbonyl (C=O) groups excluding carboxylic acids is 2. The van der Waals surface area contributed by atoms with Gasteiger partial charge in [0.2, 0.25) is 0 Å². The van der Waals surface area contributed by atoms with Crippen LogP contribution in [-0.2, 0) is 9.53 Å². The molecule has 1 aliphatic rings. The molecule has 0 unspecified atom stereocenters. The van der Waals surface area contributed by atoms with E-state index in [1.165, 1.54) is 0 Å². The first-order valence-corrected chi connectivity index (χ1v) is 11.8. The zero-order chi connectivity index (χ0) is 24.9. The minimum atomic E-state index is -0.730. The number of nitrogens with one attached hydrogen (secondary N) is 2. The smallest absolute Gasteiger partial charge is 0.338 e. The highest BCUT2D eigenvalue weighted by molar-refractivity contribution is 5.95. The van der Waals surface area contributed by atoms with Gasteiger partial charge in [-0.3, -0.25) is 0 Å². The normalized spacial score (nSPS) is 15.4. The summed E-state index contributed by atoms with van der Waals surface area (Å²) >= 11 is 0. The second-order valence-electron chi connectivity index (χ2n) is 8.33. The number of aromatic nitrogens is 2. The van der Waals surface area contributed by atoms with Gasteiger partial charge in [-0.2, -0.15) is 5.10 Å². The Morgan fingerprint density at radius 1 is 1.11 bits per heavy atom. The van der Waals surface area contributed by atoms with Crippen LogP contribution >= 0.6 is 0 Å². The van der Waals surface area contributed by atoms with Crippen LogP contribution in [0.1, 0.15) is 44.4 Å². The maximum atomic E-state index is 12.9. The molecule has 8 heteroatoms. The van der Waals surface area contributed by atoms with Crippen LogP contribution < -0.4 is 15.4 Å². The van der Waals surface area contributed by atoms with E-state index >= 15 is 0 Å². The van der Waals surface area contributed by atoms with E-state index in [9.17, 15) is 9.59 Å². The van der Waals surface area contributed by atoms with E-state index in [4.69, 9.17) is 14.6 Å².